The molecule has 0 atom stereocenters. The lowest BCUT2D eigenvalue weighted by atomic mass is 9.86. The van der Waals surface area contributed by atoms with Crippen LogP contribution in [-0.4, -0.2) is 25.8 Å². The Morgan fingerprint density at radius 1 is 1.15 bits per heavy atom. The third kappa shape index (κ3) is 4.41. The molecule has 1 heterocycles. The number of rotatable bonds is 6. The Kier molecular flexibility index (Phi) is 4.92. The first-order valence-corrected chi connectivity index (χ1v) is 7.58. The van der Waals surface area contributed by atoms with Crippen molar-refractivity contribution in [2.75, 3.05) is 19.8 Å². The average Bonchev–Trinajstić information content (AvgIpc) is 2.43. The quantitative estimate of drug-likeness (QED) is 0.864. The maximum absolute atomic E-state index is 5.64. The summed E-state index contributed by atoms with van der Waals surface area (Å²) < 4.78 is 11.2. The fraction of sp³-hybridized carbons (Fsp3) is 0.647. The molecule has 3 heteroatoms. The maximum atomic E-state index is 5.64. The molecule has 0 amide bonds. The van der Waals surface area contributed by atoms with E-state index in [-0.39, 0.29) is 0 Å². The van der Waals surface area contributed by atoms with E-state index in [2.05, 4.69) is 45.1 Å². The molecule has 0 saturated heterocycles. The highest BCUT2D eigenvalue weighted by atomic mass is 16.6. The van der Waals surface area contributed by atoms with E-state index in [1.165, 1.54) is 5.56 Å². The molecule has 1 aliphatic heterocycles. The Labute approximate surface area is 122 Å². The molecule has 0 aromatic heterocycles. The lowest BCUT2D eigenvalue weighted by Crippen LogP contribution is -2.34. The van der Waals surface area contributed by atoms with Gasteiger partial charge in [-0.05, 0) is 36.0 Å². The normalized spacial score (nSPS) is 14.7. The predicted molar refractivity (Wildman–Crippen MR) is 82.7 cm³/mol. The number of fused-ring (bicyclic) bond motifs is 1. The predicted octanol–water partition coefficient (Wildman–Crippen LogP) is 3.41. The van der Waals surface area contributed by atoms with Gasteiger partial charge in [-0.1, -0.05) is 33.8 Å². The largest absolute Gasteiger partial charge is 0.486 e. The Hall–Kier alpha value is -1.22. The van der Waals surface area contributed by atoms with Gasteiger partial charge in [-0.3, -0.25) is 0 Å². The second-order valence-corrected chi connectivity index (χ2v) is 6.68. The summed E-state index contributed by atoms with van der Waals surface area (Å²) in [6.07, 6.45) is 2.23. The van der Waals surface area contributed by atoms with Crippen molar-refractivity contribution < 1.29 is 9.47 Å². The van der Waals surface area contributed by atoms with Gasteiger partial charge in [0, 0.05) is 12.6 Å². The smallest absolute Gasteiger partial charge is 0.161 e. The monoisotopic (exact) mass is 277 g/mol. The SMILES string of the molecule is CC(C)NCC(C)(C)CCc1ccc2c(c1)OCCO2. The van der Waals surface area contributed by atoms with Crippen LogP contribution in [0.3, 0.4) is 0 Å². The van der Waals surface area contributed by atoms with Crippen molar-refractivity contribution in [3.05, 3.63) is 23.8 Å². The van der Waals surface area contributed by atoms with Crippen LogP contribution in [0.5, 0.6) is 11.5 Å². The van der Waals surface area contributed by atoms with Gasteiger partial charge in [0.1, 0.15) is 13.2 Å². The van der Waals surface area contributed by atoms with Gasteiger partial charge in [-0.25, -0.2) is 0 Å². The van der Waals surface area contributed by atoms with Crippen molar-refractivity contribution in [1.82, 2.24) is 5.32 Å². The van der Waals surface area contributed by atoms with Gasteiger partial charge >= 0.3 is 0 Å². The summed E-state index contributed by atoms with van der Waals surface area (Å²) in [5.41, 5.74) is 1.63. The first-order chi connectivity index (χ1) is 9.46. The number of aryl methyl sites for hydroxylation is 1. The number of hydrogen-bond donors (Lipinski definition) is 1. The first-order valence-electron chi connectivity index (χ1n) is 7.58. The van der Waals surface area contributed by atoms with Crippen LogP contribution in [0.1, 0.15) is 39.7 Å². The summed E-state index contributed by atoms with van der Waals surface area (Å²) in [4.78, 5) is 0. The minimum atomic E-state index is 0.303. The Bertz CT molecular complexity index is 441. The summed E-state index contributed by atoms with van der Waals surface area (Å²) in [6.45, 7) is 11.4. The van der Waals surface area contributed by atoms with Crippen molar-refractivity contribution in [3.8, 4) is 11.5 Å². The van der Waals surface area contributed by atoms with E-state index < -0.39 is 0 Å². The fourth-order valence-electron chi connectivity index (χ4n) is 2.29. The summed E-state index contributed by atoms with van der Waals surface area (Å²) in [5, 5.41) is 3.53. The van der Waals surface area contributed by atoms with Crippen molar-refractivity contribution >= 4 is 0 Å². The van der Waals surface area contributed by atoms with E-state index in [0.717, 1.165) is 30.9 Å². The molecule has 0 bridgehead atoms. The van der Waals surface area contributed by atoms with Gasteiger partial charge < -0.3 is 14.8 Å². The molecule has 112 valence electrons. The zero-order chi connectivity index (χ0) is 14.6. The molecule has 1 aromatic rings. The molecule has 3 nitrogen and oxygen atoms in total. The van der Waals surface area contributed by atoms with E-state index in [1.807, 2.05) is 6.07 Å². The highest BCUT2D eigenvalue weighted by molar-refractivity contribution is 5.43. The molecule has 1 aliphatic rings. The fourth-order valence-corrected chi connectivity index (χ4v) is 2.29. The molecular formula is C17H27NO2. The van der Waals surface area contributed by atoms with E-state index in [4.69, 9.17) is 9.47 Å². The van der Waals surface area contributed by atoms with Gasteiger partial charge in [0.25, 0.3) is 0 Å². The zero-order valence-corrected chi connectivity index (χ0v) is 13.2. The van der Waals surface area contributed by atoms with Crippen LogP contribution in [-0.2, 0) is 6.42 Å². The summed E-state index contributed by atoms with van der Waals surface area (Å²) in [5.74, 6) is 1.77. The van der Waals surface area contributed by atoms with E-state index in [1.54, 1.807) is 0 Å². The standard InChI is InChI=1S/C17H27NO2/c1-13(2)18-12-17(3,4)8-7-14-5-6-15-16(11-14)20-10-9-19-15/h5-6,11,13,18H,7-10,12H2,1-4H3. The third-order valence-electron chi connectivity index (χ3n) is 3.69. The van der Waals surface area contributed by atoms with Crippen molar-refractivity contribution in [3.63, 3.8) is 0 Å². The number of hydrogen-bond acceptors (Lipinski definition) is 3. The van der Waals surface area contributed by atoms with Crippen LogP contribution >= 0.6 is 0 Å². The number of ether oxygens (including phenoxy) is 2. The molecule has 1 N–H and O–H groups in total. The highest BCUT2D eigenvalue weighted by Gasteiger charge is 2.18. The summed E-state index contributed by atoms with van der Waals surface area (Å²) in [6, 6.07) is 6.85. The van der Waals surface area contributed by atoms with Crippen LogP contribution in [0.15, 0.2) is 18.2 Å². The summed E-state index contributed by atoms with van der Waals surface area (Å²) in [7, 11) is 0. The van der Waals surface area contributed by atoms with E-state index in [9.17, 15) is 0 Å². The molecule has 0 fully saturated rings. The van der Waals surface area contributed by atoms with Gasteiger partial charge in [0.2, 0.25) is 0 Å². The molecule has 2 rings (SSSR count). The first kappa shape index (κ1) is 15.2. The molecule has 0 saturated carbocycles. The molecule has 0 aliphatic carbocycles. The number of nitrogens with one attached hydrogen (secondary N) is 1. The molecule has 20 heavy (non-hydrogen) atoms. The van der Waals surface area contributed by atoms with Gasteiger partial charge in [0.05, 0.1) is 0 Å². The average molecular weight is 277 g/mol. The van der Waals surface area contributed by atoms with Crippen molar-refractivity contribution in [2.45, 2.75) is 46.6 Å². The van der Waals surface area contributed by atoms with Gasteiger partial charge in [0.15, 0.2) is 11.5 Å². The van der Waals surface area contributed by atoms with Crippen LogP contribution in [0.2, 0.25) is 0 Å². The van der Waals surface area contributed by atoms with Crippen LogP contribution in [0.4, 0.5) is 0 Å². The van der Waals surface area contributed by atoms with E-state index >= 15 is 0 Å². The van der Waals surface area contributed by atoms with Crippen LogP contribution < -0.4 is 14.8 Å². The van der Waals surface area contributed by atoms with E-state index in [0.29, 0.717) is 24.7 Å². The second-order valence-electron chi connectivity index (χ2n) is 6.68. The Balaban J connectivity index is 1.90. The third-order valence-corrected chi connectivity index (χ3v) is 3.69. The minimum absolute atomic E-state index is 0.303. The summed E-state index contributed by atoms with van der Waals surface area (Å²) >= 11 is 0. The topological polar surface area (TPSA) is 30.5 Å². The highest BCUT2D eigenvalue weighted by Crippen LogP contribution is 2.32. The van der Waals surface area contributed by atoms with Crippen LogP contribution in [0.25, 0.3) is 0 Å². The van der Waals surface area contributed by atoms with Gasteiger partial charge in [-0.2, -0.15) is 0 Å². The van der Waals surface area contributed by atoms with Gasteiger partial charge in [-0.15, -0.1) is 0 Å². The van der Waals surface area contributed by atoms with Crippen molar-refractivity contribution in [2.24, 2.45) is 5.41 Å². The zero-order valence-electron chi connectivity index (χ0n) is 13.2. The minimum Gasteiger partial charge on any atom is -0.486 e. The Morgan fingerprint density at radius 3 is 2.55 bits per heavy atom. The number of benzene rings is 1. The molecule has 1 aromatic carbocycles. The molecule has 0 spiro atoms. The lowest BCUT2D eigenvalue weighted by Gasteiger charge is -2.26. The second kappa shape index (κ2) is 6.49. The maximum Gasteiger partial charge on any atom is 0.161 e. The lowest BCUT2D eigenvalue weighted by molar-refractivity contribution is 0.171. The van der Waals surface area contributed by atoms with Crippen LogP contribution in [0, 0.1) is 5.41 Å². The molecular weight excluding hydrogens is 250 g/mol. The van der Waals surface area contributed by atoms with Crippen molar-refractivity contribution in [1.29, 1.82) is 0 Å². The molecule has 0 unspecified atom stereocenters. The Morgan fingerprint density at radius 2 is 1.85 bits per heavy atom. The molecule has 0 radical (unpaired) electrons.